The maximum atomic E-state index is 12.8. The minimum Gasteiger partial charge on any atom is -0.334 e. The first-order valence-corrected chi connectivity index (χ1v) is 10.3. The highest BCUT2D eigenvalue weighted by atomic mass is 32.2. The molecular weight excluding hydrogens is 352 g/mol. The molecular formula is C17H30N6O2S. The molecule has 2 rings (SSSR count). The Hall–Kier alpha value is -1.71. The van der Waals surface area contributed by atoms with Gasteiger partial charge in [-0.1, -0.05) is 13.8 Å². The third kappa shape index (κ3) is 4.93. The van der Waals surface area contributed by atoms with E-state index in [9.17, 15) is 8.42 Å². The number of sulfonamides is 1. The summed E-state index contributed by atoms with van der Waals surface area (Å²) in [5.74, 6) is 1.16. The molecule has 2 aromatic rings. The lowest BCUT2D eigenvalue weighted by molar-refractivity contribution is 0.370. The van der Waals surface area contributed by atoms with Crippen LogP contribution in [0.4, 0.5) is 0 Å². The number of aryl methyl sites for hydroxylation is 1. The van der Waals surface area contributed by atoms with E-state index in [1.165, 1.54) is 0 Å². The summed E-state index contributed by atoms with van der Waals surface area (Å²) >= 11 is 0. The van der Waals surface area contributed by atoms with Crippen LogP contribution in [-0.2, 0) is 29.7 Å². The molecule has 8 nitrogen and oxygen atoms in total. The van der Waals surface area contributed by atoms with Gasteiger partial charge in [-0.2, -0.15) is 5.10 Å². The first kappa shape index (κ1) is 20.6. The highest BCUT2D eigenvalue weighted by Gasteiger charge is 2.25. The fourth-order valence-corrected chi connectivity index (χ4v) is 4.27. The Labute approximate surface area is 156 Å². The summed E-state index contributed by atoms with van der Waals surface area (Å²) in [5, 5.41) is 4.40. The fourth-order valence-electron chi connectivity index (χ4n) is 2.88. The Bertz CT molecular complexity index is 836. The van der Waals surface area contributed by atoms with E-state index in [1.807, 2.05) is 29.8 Å². The van der Waals surface area contributed by atoms with E-state index in [0.717, 1.165) is 13.1 Å². The molecule has 2 aromatic heterocycles. The van der Waals surface area contributed by atoms with Gasteiger partial charge >= 0.3 is 0 Å². The van der Waals surface area contributed by atoms with Crippen LogP contribution in [0.3, 0.4) is 0 Å². The molecule has 1 N–H and O–H groups in total. The number of aromatic nitrogens is 4. The van der Waals surface area contributed by atoms with Crippen LogP contribution >= 0.6 is 0 Å². The van der Waals surface area contributed by atoms with Crippen LogP contribution < -0.4 is 4.72 Å². The van der Waals surface area contributed by atoms with Gasteiger partial charge in [-0.15, -0.1) is 0 Å². The van der Waals surface area contributed by atoms with Crippen LogP contribution in [0.2, 0.25) is 0 Å². The summed E-state index contributed by atoms with van der Waals surface area (Å²) in [6.45, 7) is 10.2. The number of nitrogens with one attached hydrogen (secondary N) is 1. The van der Waals surface area contributed by atoms with Crippen LogP contribution in [0.15, 0.2) is 17.3 Å². The monoisotopic (exact) mass is 382 g/mol. The number of imidazole rings is 1. The van der Waals surface area contributed by atoms with Crippen molar-refractivity contribution in [3.63, 3.8) is 0 Å². The molecule has 0 aliphatic carbocycles. The normalized spacial score (nSPS) is 12.5. The maximum Gasteiger partial charge on any atom is 0.244 e. The second-order valence-corrected chi connectivity index (χ2v) is 8.94. The Balaban J connectivity index is 2.17. The Morgan fingerprint density at radius 1 is 1.27 bits per heavy atom. The molecule has 0 saturated carbocycles. The lowest BCUT2D eigenvalue weighted by Gasteiger charge is -2.12. The van der Waals surface area contributed by atoms with Crippen LogP contribution in [-0.4, -0.2) is 53.3 Å². The largest absolute Gasteiger partial charge is 0.334 e. The van der Waals surface area contributed by atoms with Gasteiger partial charge < -0.3 is 9.47 Å². The standard InChI is InChI=1S/C17H30N6O2S/c1-13(2)12-22-8-7-18-16(22)11-19-26(24,25)17-14(3)20-23(15(17)4)10-9-21(5)6/h7-8,13,19H,9-12H2,1-6H3. The Kier molecular flexibility index (Phi) is 6.59. The smallest absolute Gasteiger partial charge is 0.244 e. The van der Waals surface area contributed by atoms with Crippen LogP contribution in [0.5, 0.6) is 0 Å². The van der Waals surface area contributed by atoms with E-state index >= 15 is 0 Å². The van der Waals surface area contributed by atoms with Crippen LogP contribution in [0.25, 0.3) is 0 Å². The zero-order chi connectivity index (χ0) is 19.5. The van der Waals surface area contributed by atoms with E-state index in [4.69, 9.17) is 0 Å². The Morgan fingerprint density at radius 3 is 2.58 bits per heavy atom. The zero-order valence-electron chi connectivity index (χ0n) is 16.5. The minimum absolute atomic E-state index is 0.157. The molecule has 0 fully saturated rings. The van der Waals surface area contributed by atoms with Crippen molar-refractivity contribution < 1.29 is 8.42 Å². The van der Waals surface area contributed by atoms with Gasteiger partial charge in [0.05, 0.1) is 24.5 Å². The second kappa shape index (κ2) is 8.32. The lowest BCUT2D eigenvalue weighted by Crippen LogP contribution is -2.26. The molecule has 0 aromatic carbocycles. The number of rotatable bonds is 9. The zero-order valence-corrected chi connectivity index (χ0v) is 17.3. The molecule has 26 heavy (non-hydrogen) atoms. The Morgan fingerprint density at radius 2 is 1.96 bits per heavy atom. The molecule has 0 amide bonds. The predicted molar refractivity (Wildman–Crippen MR) is 101 cm³/mol. The summed E-state index contributed by atoms with van der Waals surface area (Å²) in [7, 11) is 0.292. The second-order valence-electron chi connectivity index (χ2n) is 7.24. The van der Waals surface area contributed by atoms with Gasteiger partial charge in [0.25, 0.3) is 0 Å². The van der Waals surface area contributed by atoms with Gasteiger partial charge in [0, 0.05) is 25.5 Å². The number of likely N-dealkylation sites (N-methyl/N-ethyl adjacent to an activating group) is 1. The van der Waals surface area contributed by atoms with Crippen molar-refractivity contribution >= 4 is 10.0 Å². The van der Waals surface area contributed by atoms with Crippen LogP contribution in [0.1, 0.15) is 31.1 Å². The molecule has 0 aliphatic heterocycles. The van der Waals surface area contributed by atoms with Gasteiger partial charge in [0.15, 0.2) is 0 Å². The van der Waals surface area contributed by atoms with E-state index in [1.54, 1.807) is 24.7 Å². The van der Waals surface area contributed by atoms with Crippen LogP contribution in [0, 0.1) is 19.8 Å². The summed E-state index contributed by atoms with van der Waals surface area (Å²) in [6, 6.07) is 0. The molecule has 9 heteroatoms. The van der Waals surface area contributed by atoms with Gasteiger partial charge in [-0.3, -0.25) is 4.68 Å². The van der Waals surface area contributed by atoms with E-state index < -0.39 is 10.0 Å². The highest BCUT2D eigenvalue weighted by molar-refractivity contribution is 7.89. The van der Waals surface area contributed by atoms with E-state index in [-0.39, 0.29) is 11.4 Å². The number of hydrogen-bond acceptors (Lipinski definition) is 5. The minimum atomic E-state index is -3.66. The van der Waals surface area contributed by atoms with Gasteiger partial charge in [-0.25, -0.2) is 18.1 Å². The predicted octanol–water partition coefficient (Wildman–Crippen LogP) is 1.39. The average Bonchev–Trinajstić information content (AvgIpc) is 3.06. The van der Waals surface area contributed by atoms with Crippen molar-refractivity contribution in [2.75, 3.05) is 20.6 Å². The maximum absolute atomic E-state index is 12.8. The van der Waals surface area contributed by atoms with Crippen molar-refractivity contribution in [2.24, 2.45) is 5.92 Å². The molecule has 146 valence electrons. The van der Waals surface area contributed by atoms with E-state index in [2.05, 4.69) is 28.7 Å². The molecule has 2 heterocycles. The quantitative estimate of drug-likeness (QED) is 0.708. The van der Waals surface area contributed by atoms with Crippen molar-refractivity contribution in [1.29, 1.82) is 0 Å². The fraction of sp³-hybridized carbons (Fsp3) is 0.647. The van der Waals surface area contributed by atoms with Gasteiger partial charge in [0.1, 0.15) is 10.7 Å². The molecule has 0 bridgehead atoms. The first-order valence-electron chi connectivity index (χ1n) is 8.80. The molecule has 0 spiro atoms. The summed E-state index contributed by atoms with van der Waals surface area (Å²) < 4.78 is 32.1. The molecule has 0 atom stereocenters. The third-order valence-corrected chi connectivity index (χ3v) is 5.78. The number of nitrogens with zero attached hydrogens (tertiary/aromatic N) is 5. The summed E-state index contributed by atoms with van der Waals surface area (Å²) in [4.78, 5) is 6.58. The highest BCUT2D eigenvalue weighted by Crippen LogP contribution is 2.19. The molecule has 0 aliphatic rings. The van der Waals surface area contributed by atoms with Gasteiger partial charge in [0.2, 0.25) is 10.0 Å². The number of hydrogen-bond donors (Lipinski definition) is 1. The van der Waals surface area contributed by atoms with Crippen molar-refractivity contribution in [3.8, 4) is 0 Å². The summed E-state index contributed by atoms with van der Waals surface area (Å²) in [6.07, 6.45) is 3.57. The van der Waals surface area contributed by atoms with Crippen molar-refractivity contribution in [2.45, 2.75) is 52.2 Å². The van der Waals surface area contributed by atoms with E-state index in [0.29, 0.717) is 29.7 Å². The molecule has 0 saturated heterocycles. The average molecular weight is 383 g/mol. The lowest BCUT2D eigenvalue weighted by atomic mass is 10.2. The third-order valence-electron chi connectivity index (χ3n) is 4.13. The molecule has 0 radical (unpaired) electrons. The van der Waals surface area contributed by atoms with Crippen molar-refractivity contribution in [3.05, 3.63) is 29.6 Å². The van der Waals surface area contributed by atoms with Gasteiger partial charge in [-0.05, 0) is 33.9 Å². The first-order chi connectivity index (χ1) is 12.1. The summed E-state index contributed by atoms with van der Waals surface area (Å²) in [5.41, 5.74) is 1.17. The van der Waals surface area contributed by atoms with Crippen molar-refractivity contribution in [1.82, 2.24) is 29.0 Å². The SMILES string of the molecule is Cc1nn(CCN(C)C)c(C)c1S(=O)(=O)NCc1nccn1CC(C)C. The topological polar surface area (TPSA) is 85.1 Å². The molecule has 0 unspecified atom stereocenters.